The molecule has 0 aliphatic heterocycles. The van der Waals surface area contributed by atoms with Gasteiger partial charge in [0.25, 0.3) is 0 Å². The molecule has 5 heteroatoms. The fraction of sp³-hybridized carbons (Fsp3) is 0.250. The molecule has 0 aliphatic carbocycles. The van der Waals surface area contributed by atoms with Crippen LogP contribution in [0.5, 0.6) is 0 Å². The molecule has 0 unspecified atom stereocenters. The van der Waals surface area contributed by atoms with E-state index in [0.717, 1.165) is 22.7 Å². The van der Waals surface area contributed by atoms with E-state index in [1.165, 1.54) is 0 Å². The van der Waals surface area contributed by atoms with E-state index in [9.17, 15) is 0 Å². The Labute approximate surface area is 143 Å². The molecular formula is C16H20ClN3Ni. The summed E-state index contributed by atoms with van der Waals surface area (Å²) in [7, 11) is 8.14. The first-order chi connectivity index (χ1) is 9.09. The number of benzene rings is 2. The number of anilines is 2. The second kappa shape index (κ2) is 8.81. The average Bonchev–Trinajstić information content (AvgIpc) is 2.39. The summed E-state index contributed by atoms with van der Waals surface area (Å²) in [5.74, 6) is 0. The van der Waals surface area contributed by atoms with Crippen LogP contribution in [-0.2, 0) is 16.5 Å². The van der Waals surface area contributed by atoms with Gasteiger partial charge in [-0.15, -0.1) is 11.4 Å². The van der Waals surface area contributed by atoms with Crippen LogP contribution in [-0.4, -0.2) is 28.2 Å². The summed E-state index contributed by atoms with van der Waals surface area (Å²) in [6.45, 7) is 0. The molecule has 0 bridgehead atoms. The topological polar surface area (TPSA) is 20.6 Å². The van der Waals surface area contributed by atoms with Crippen LogP contribution in [0.3, 0.4) is 0 Å². The van der Waals surface area contributed by atoms with E-state index < -0.39 is 0 Å². The Bertz CT molecular complexity index is 509. The Morgan fingerprint density at radius 3 is 1.33 bits per heavy atom. The van der Waals surface area contributed by atoms with E-state index in [-0.39, 0.29) is 28.9 Å². The zero-order valence-electron chi connectivity index (χ0n) is 12.7. The Kier molecular flexibility index (Phi) is 8.23. The molecule has 0 fully saturated rings. The van der Waals surface area contributed by atoms with Gasteiger partial charge in [0.05, 0.1) is 0 Å². The fourth-order valence-corrected chi connectivity index (χ4v) is 2.00. The van der Waals surface area contributed by atoms with Crippen LogP contribution in [0.4, 0.5) is 22.7 Å². The second-order valence-corrected chi connectivity index (χ2v) is 4.88. The SMILES string of the molecule is CN(C)c1ccccc1[N-]c1ccccc1N(C)C.[Cl-].[Ni+2]. The third kappa shape index (κ3) is 4.84. The van der Waals surface area contributed by atoms with Crippen LogP contribution in [0, 0.1) is 0 Å². The first kappa shape index (κ1) is 19.6. The van der Waals surface area contributed by atoms with E-state index in [2.05, 4.69) is 21.9 Å². The smallest absolute Gasteiger partial charge is 1.00 e. The van der Waals surface area contributed by atoms with Gasteiger partial charge in [-0.1, -0.05) is 36.4 Å². The maximum absolute atomic E-state index is 4.80. The number of nitrogens with zero attached hydrogens (tertiary/aromatic N) is 3. The largest absolute Gasteiger partial charge is 2.00 e. The normalized spacial score (nSPS) is 9.14. The van der Waals surface area contributed by atoms with Gasteiger partial charge in [0, 0.05) is 39.6 Å². The summed E-state index contributed by atoms with van der Waals surface area (Å²) in [6, 6.07) is 16.4. The molecule has 21 heavy (non-hydrogen) atoms. The van der Waals surface area contributed by atoms with Crippen LogP contribution >= 0.6 is 0 Å². The van der Waals surface area contributed by atoms with E-state index >= 15 is 0 Å². The van der Waals surface area contributed by atoms with Crippen molar-refractivity contribution in [2.75, 3.05) is 38.0 Å². The van der Waals surface area contributed by atoms with Crippen molar-refractivity contribution >= 4 is 22.7 Å². The molecule has 0 aliphatic rings. The summed E-state index contributed by atoms with van der Waals surface area (Å²) < 4.78 is 0. The Hall–Kier alpha value is -1.38. The van der Waals surface area contributed by atoms with Crippen molar-refractivity contribution in [1.29, 1.82) is 0 Å². The predicted molar refractivity (Wildman–Crippen MR) is 84.2 cm³/mol. The molecule has 2 aromatic carbocycles. The van der Waals surface area contributed by atoms with Gasteiger partial charge >= 0.3 is 16.5 Å². The van der Waals surface area contributed by atoms with Gasteiger partial charge in [-0.3, -0.25) is 0 Å². The molecule has 0 heterocycles. The van der Waals surface area contributed by atoms with Crippen LogP contribution in [0.25, 0.3) is 5.32 Å². The number of halogens is 1. The summed E-state index contributed by atoms with van der Waals surface area (Å²) in [5.41, 5.74) is 4.22. The molecule has 3 nitrogen and oxygen atoms in total. The predicted octanol–water partition coefficient (Wildman–Crippen LogP) is 1.16. The van der Waals surface area contributed by atoms with Crippen molar-refractivity contribution in [3.8, 4) is 0 Å². The third-order valence-electron chi connectivity index (χ3n) is 2.97. The van der Waals surface area contributed by atoms with Crippen molar-refractivity contribution in [2.45, 2.75) is 0 Å². The van der Waals surface area contributed by atoms with Crippen LogP contribution in [0.1, 0.15) is 0 Å². The second-order valence-electron chi connectivity index (χ2n) is 4.88. The van der Waals surface area contributed by atoms with Gasteiger partial charge in [0.2, 0.25) is 0 Å². The van der Waals surface area contributed by atoms with Crippen LogP contribution in [0.2, 0.25) is 0 Å². The first-order valence-corrected chi connectivity index (χ1v) is 6.34. The standard InChI is InChI=1S/C16H20N3.ClH.Ni/c1-18(2)15-11-7-5-9-13(15)17-14-10-6-8-12-16(14)19(3)4;;/h5-12H,1-4H3;1H;/q-1;;+2/p-1. The van der Waals surface area contributed by atoms with E-state index in [1.54, 1.807) is 0 Å². The minimum atomic E-state index is 0. The molecule has 2 rings (SSSR count). The van der Waals surface area contributed by atoms with Gasteiger partial charge < -0.3 is 27.5 Å². The molecule has 0 amide bonds. The molecule has 2 aromatic rings. The quantitative estimate of drug-likeness (QED) is 0.773. The molecule has 0 spiro atoms. The van der Waals surface area contributed by atoms with Gasteiger partial charge in [-0.05, 0) is 12.1 Å². The fourth-order valence-electron chi connectivity index (χ4n) is 2.00. The molecule has 0 aromatic heterocycles. The maximum Gasteiger partial charge on any atom is 2.00 e. The summed E-state index contributed by atoms with van der Waals surface area (Å²) >= 11 is 0. The molecule has 0 radical (unpaired) electrons. The van der Waals surface area contributed by atoms with Crippen LogP contribution in [0.15, 0.2) is 48.5 Å². The Balaban J connectivity index is 0.00000200. The first-order valence-electron chi connectivity index (χ1n) is 6.34. The molecule has 116 valence electrons. The minimum absolute atomic E-state index is 0. The van der Waals surface area contributed by atoms with Crippen molar-refractivity contribution in [1.82, 2.24) is 0 Å². The van der Waals surface area contributed by atoms with Gasteiger partial charge in [0.15, 0.2) is 0 Å². The molecule has 0 atom stereocenters. The molecule has 0 saturated carbocycles. The average molecular weight is 349 g/mol. The minimum Gasteiger partial charge on any atom is -1.00 e. The summed E-state index contributed by atoms with van der Waals surface area (Å²) in [6.07, 6.45) is 0. The zero-order valence-corrected chi connectivity index (χ0v) is 14.4. The number of hydrogen-bond acceptors (Lipinski definition) is 2. The summed E-state index contributed by atoms with van der Waals surface area (Å²) in [4.78, 5) is 4.16. The Morgan fingerprint density at radius 2 is 1.00 bits per heavy atom. The third-order valence-corrected chi connectivity index (χ3v) is 2.97. The van der Waals surface area contributed by atoms with E-state index in [4.69, 9.17) is 5.32 Å². The number of hydrogen-bond donors (Lipinski definition) is 0. The molecule has 0 saturated heterocycles. The maximum atomic E-state index is 4.80. The van der Waals surface area contributed by atoms with Crippen molar-refractivity contribution in [3.05, 3.63) is 53.8 Å². The van der Waals surface area contributed by atoms with Crippen molar-refractivity contribution in [3.63, 3.8) is 0 Å². The van der Waals surface area contributed by atoms with Gasteiger partial charge in [-0.2, -0.15) is 0 Å². The van der Waals surface area contributed by atoms with Gasteiger partial charge in [0.1, 0.15) is 0 Å². The van der Waals surface area contributed by atoms with Gasteiger partial charge in [-0.25, -0.2) is 0 Å². The Morgan fingerprint density at radius 1 is 0.667 bits per heavy atom. The van der Waals surface area contributed by atoms with E-state index in [1.807, 2.05) is 64.6 Å². The van der Waals surface area contributed by atoms with E-state index in [0.29, 0.717) is 0 Å². The zero-order chi connectivity index (χ0) is 13.8. The van der Waals surface area contributed by atoms with Crippen molar-refractivity contribution in [2.24, 2.45) is 0 Å². The van der Waals surface area contributed by atoms with Crippen molar-refractivity contribution < 1.29 is 28.9 Å². The number of rotatable bonds is 4. The summed E-state index contributed by atoms with van der Waals surface area (Å²) in [5, 5.41) is 4.80. The number of para-hydroxylation sites is 4. The molecule has 0 N–H and O–H groups in total. The van der Waals surface area contributed by atoms with Crippen LogP contribution < -0.4 is 22.2 Å². The monoisotopic (exact) mass is 347 g/mol. The molecular weight excluding hydrogens is 328 g/mol.